The lowest BCUT2D eigenvalue weighted by molar-refractivity contribution is -0.127. The minimum Gasteiger partial charge on any atom is -0.489 e. The number of rotatable bonds is 5. The molecule has 1 heterocycles. The smallest absolute Gasteiger partial charge is 0.345 e. The van der Waals surface area contributed by atoms with Crippen LogP contribution in [0.4, 0.5) is 0 Å². The molecule has 5 nitrogen and oxygen atoms in total. The first-order valence-electron chi connectivity index (χ1n) is 9.27. The number of hydrogen-bond donors (Lipinski definition) is 0. The summed E-state index contributed by atoms with van der Waals surface area (Å²) < 4.78 is 16.8. The second kappa shape index (κ2) is 7.43. The summed E-state index contributed by atoms with van der Waals surface area (Å²) in [5.41, 5.74) is 3.92. The predicted molar refractivity (Wildman–Crippen MR) is 108 cm³/mol. The zero-order chi connectivity index (χ0) is 20.4. The molecule has 0 radical (unpaired) electrons. The van der Waals surface area contributed by atoms with Crippen LogP contribution in [0, 0.1) is 0 Å². The highest BCUT2D eigenvalue weighted by molar-refractivity contribution is 5.94. The van der Waals surface area contributed by atoms with Gasteiger partial charge < -0.3 is 14.2 Å². The van der Waals surface area contributed by atoms with E-state index in [0.29, 0.717) is 29.2 Å². The molecular weight excluding hydrogens is 368 g/mol. The summed E-state index contributed by atoms with van der Waals surface area (Å²) in [6.07, 6.45) is 0.836. The number of fused-ring (bicyclic) bond motifs is 1. The Morgan fingerprint density at radius 2 is 1.69 bits per heavy atom. The van der Waals surface area contributed by atoms with Gasteiger partial charge in [0.2, 0.25) is 5.79 Å². The van der Waals surface area contributed by atoms with Gasteiger partial charge in [-0.15, -0.1) is 0 Å². The molecule has 0 atom stereocenters. The van der Waals surface area contributed by atoms with E-state index in [1.165, 1.54) is 0 Å². The van der Waals surface area contributed by atoms with Gasteiger partial charge in [-0.2, -0.15) is 0 Å². The van der Waals surface area contributed by atoms with Crippen molar-refractivity contribution in [2.45, 2.75) is 26.2 Å². The molecule has 0 saturated carbocycles. The van der Waals surface area contributed by atoms with Crippen molar-refractivity contribution in [2.24, 2.45) is 0 Å². The largest absolute Gasteiger partial charge is 0.489 e. The lowest BCUT2D eigenvalue weighted by Crippen LogP contribution is -2.38. The van der Waals surface area contributed by atoms with Crippen molar-refractivity contribution in [2.75, 3.05) is 0 Å². The normalized spacial score (nSPS) is 14.3. The van der Waals surface area contributed by atoms with Crippen LogP contribution in [0.15, 0.2) is 66.7 Å². The van der Waals surface area contributed by atoms with E-state index in [1.807, 2.05) is 42.5 Å². The fourth-order valence-corrected chi connectivity index (χ4v) is 3.21. The molecule has 5 heteroatoms. The van der Waals surface area contributed by atoms with Crippen molar-refractivity contribution < 1.29 is 23.8 Å². The number of carbonyl (C=O) groups excluding carboxylic acids is 2. The second-order valence-electron chi connectivity index (χ2n) is 7.28. The molecule has 146 valence electrons. The number of cyclic esters (lactones) is 1. The van der Waals surface area contributed by atoms with Gasteiger partial charge in [0, 0.05) is 19.4 Å². The molecule has 0 bridgehead atoms. The van der Waals surface area contributed by atoms with Crippen molar-refractivity contribution in [3.63, 3.8) is 0 Å². The Labute approximate surface area is 168 Å². The molecule has 0 unspecified atom stereocenters. The summed E-state index contributed by atoms with van der Waals surface area (Å²) in [5.74, 6) is -0.375. The van der Waals surface area contributed by atoms with E-state index < -0.39 is 11.8 Å². The van der Waals surface area contributed by atoms with Crippen molar-refractivity contribution in [1.82, 2.24) is 0 Å². The van der Waals surface area contributed by atoms with Gasteiger partial charge in [0.25, 0.3) is 0 Å². The molecule has 4 rings (SSSR count). The average molecular weight is 388 g/mol. The predicted octanol–water partition coefficient (Wildman–Crippen LogP) is 5.03. The topological polar surface area (TPSA) is 61.8 Å². The maximum absolute atomic E-state index is 12.2. The minimum absolute atomic E-state index is 0.335. The van der Waals surface area contributed by atoms with Gasteiger partial charge in [-0.3, -0.25) is 4.79 Å². The Morgan fingerprint density at radius 1 is 0.931 bits per heavy atom. The zero-order valence-corrected chi connectivity index (χ0v) is 16.2. The van der Waals surface area contributed by atoms with Crippen LogP contribution in [0.25, 0.3) is 11.1 Å². The third kappa shape index (κ3) is 4.14. The fourth-order valence-electron chi connectivity index (χ4n) is 3.21. The number of benzene rings is 3. The van der Waals surface area contributed by atoms with Crippen LogP contribution in [0.5, 0.6) is 11.5 Å². The first-order chi connectivity index (χ1) is 13.9. The number of aldehydes is 1. The average Bonchev–Trinajstić information content (AvgIpc) is 2.72. The Morgan fingerprint density at radius 3 is 2.48 bits per heavy atom. The molecular formula is C24H20O5. The molecule has 0 aliphatic carbocycles. The molecule has 0 aromatic heterocycles. The molecule has 0 N–H and O–H groups in total. The molecule has 1 aliphatic heterocycles. The summed E-state index contributed by atoms with van der Waals surface area (Å²) in [5, 5.41) is 0. The zero-order valence-electron chi connectivity index (χ0n) is 16.2. The van der Waals surface area contributed by atoms with Gasteiger partial charge in [0.05, 0.1) is 0 Å². The van der Waals surface area contributed by atoms with E-state index >= 15 is 0 Å². The van der Waals surface area contributed by atoms with Gasteiger partial charge in [-0.1, -0.05) is 36.4 Å². The number of carbonyl (C=O) groups is 2. The molecule has 0 amide bonds. The lowest BCUT2D eigenvalue weighted by atomic mass is 10.0. The van der Waals surface area contributed by atoms with Crippen LogP contribution in [0.1, 0.15) is 40.1 Å². The van der Waals surface area contributed by atoms with Gasteiger partial charge in [0.1, 0.15) is 30.0 Å². The van der Waals surface area contributed by atoms with Gasteiger partial charge in [-0.05, 0) is 47.0 Å². The fraction of sp³-hybridized carbons (Fsp3) is 0.167. The SMILES string of the molecule is CC1(C)OC(=O)c2cc(OCc3cccc(-c4cccc(C=O)c4)c3)ccc2O1. The second-order valence-corrected chi connectivity index (χ2v) is 7.28. The van der Waals surface area contributed by atoms with E-state index in [2.05, 4.69) is 0 Å². The van der Waals surface area contributed by atoms with Crippen LogP contribution in [0.3, 0.4) is 0 Å². The molecule has 0 fully saturated rings. The van der Waals surface area contributed by atoms with Crippen molar-refractivity contribution in [1.29, 1.82) is 0 Å². The van der Waals surface area contributed by atoms with E-state index in [4.69, 9.17) is 14.2 Å². The maximum atomic E-state index is 12.2. The van der Waals surface area contributed by atoms with Crippen LogP contribution in [-0.2, 0) is 11.3 Å². The molecule has 0 spiro atoms. The Hall–Kier alpha value is -3.60. The van der Waals surface area contributed by atoms with E-state index in [-0.39, 0.29) is 0 Å². The maximum Gasteiger partial charge on any atom is 0.345 e. The Balaban J connectivity index is 1.51. The quantitative estimate of drug-likeness (QED) is 0.453. The summed E-state index contributed by atoms with van der Waals surface area (Å²) in [4.78, 5) is 23.2. The van der Waals surface area contributed by atoms with Crippen molar-refractivity contribution in [3.05, 3.63) is 83.4 Å². The first-order valence-corrected chi connectivity index (χ1v) is 9.27. The van der Waals surface area contributed by atoms with Crippen LogP contribution < -0.4 is 9.47 Å². The third-order valence-corrected chi connectivity index (χ3v) is 4.55. The van der Waals surface area contributed by atoms with Gasteiger partial charge in [-0.25, -0.2) is 4.79 Å². The minimum atomic E-state index is -0.978. The molecule has 3 aromatic carbocycles. The number of hydrogen-bond acceptors (Lipinski definition) is 5. The van der Waals surface area contributed by atoms with Crippen molar-refractivity contribution >= 4 is 12.3 Å². The highest BCUT2D eigenvalue weighted by Gasteiger charge is 2.34. The first kappa shape index (κ1) is 18.7. The van der Waals surface area contributed by atoms with Crippen LogP contribution in [0.2, 0.25) is 0 Å². The molecule has 29 heavy (non-hydrogen) atoms. The lowest BCUT2D eigenvalue weighted by Gasteiger charge is -2.31. The third-order valence-electron chi connectivity index (χ3n) is 4.55. The summed E-state index contributed by atoms with van der Waals surface area (Å²) >= 11 is 0. The highest BCUT2D eigenvalue weighted by Crippen LogP contribution is 2.33. The monoisotopic (exact) mass is 388 g/mol. The van der Waals surface area contributed by atoms with Crippen LogP contribution in [-0.4, -0.2) is 18.0 Å². The molecule has 3 aromatic rings. The highest BCUT2D eigenvalue weighted by atomic mass is 16.7. The summed E-state index contributed by atoms with van der Waals surface area (Å²) in [7, 11) is 0. The number of esters is 1. The van der Waals surface area contributed by atoms with Crippen LogP contribution >= 0.6 is 0 Å². The standard InChI is InChI=1S/C24H20O5/c1-24(2)28-22-10-9-20(13-21(22)23(26)29-24)27-15-17-6-4-8-19(12-17)18-7-3-5-16(11-18)14-25/h3-14H,15H2,1-2H3. The Bertz CT molecular complexity index is 1080. The van der Waals surface area contributed by atoms with Crippen molar-refractivity contribution in [3.8, 4) is 22.6 Å². The van der Waals surface area contributed by atoms with Gasteiger partial charge >= 0.3 is 5.97 Å². The Kier molecular flexibility index (Phi) is 4.80. The van der Waals surface area contributed by atoms with E-state index in [9.17, 15) is 9.59 Å². The van der Waals surface area contributed by atoms with E-state index in [1.54, 1.807) is 38.1 Å². The van der Waals surface area contributed by atoms with E-state index in [0.717, 1.165) is 23.0 Å². The molecule has 1 aliphatic rings. The number of ether oxygens (including phenoxy) is 3. The van der Waals surface area contributed by atoms with Gasteiger partial charge in [0.15, 0.2) is 0 Å². The molecule has 0 saturated heterocycles. The summed E-state index contributed by atoms with van der Waals surface area (Å²) in [6, 6.07) is 20.5. The summed E-state index contributed by atoms with van der Waals surface area (Å²) in [6.45, 7) is 3.72.